The van der Waals surface area contributed by atoms with Crippen molar-refractivity contribution < 1.29 is 17.7 Å². The Morgan fingerprint density at radius 2 is 2.20 bits per heavy atom. The molecule has 0 aromatic rings. The van der Waals surface area contributed by atoms with Gasteiger partial charge >= 0.3 is 0 Å². The molecular weight excluding hydrogens is 220 g/mol. The van der Waals surface area contributed by atoms with Crippen LogP contribution in [0.3, 0.4) is 0 Å². The molecular formula is C8H14N2O4S. The van der Waals surface area contributed by atoms with Crippen LogP contribution in [0.5, 0.6) is 0 Å². The molecule has 1 rings (SSSR count). The average molecular weight is 234 g/mol. The minimum absolute atomic E-state index is 0.257. The molecule has 0 aromatic heterocycles. The molecule has 1 aliphatic carbocycles. The molecule has 0 amide bonds. The van der Waals surface area contributed by atoms with Crippen molar-refractivity contribution in [2.45, 2.75) is 18.7 Å². The van der Waals surface area contributed by atoms with Crippen LogP contribution >= 0.6 is 0 Å². The Labute approximate surface area is 88.3 Å². The Morgan fingerprint density at radius 1 is 1.60 bits per heavy atom. The normalized spacial score (nSPS) is 25.1. The van der Waals surface area contributed by atoms with E-state index in [1.807, 2.05) is 0 Å². The van der Waals surface area contributed by atoms with Crippen molar-refractivity contribution in [2.24, 2.45) is 11.5 Å². The van der Waals surface area contributed by atoms with Gasteiger partial charge in [0.1, 0.15) is 11.8 Å². The number of rotatable bonds is 3. The van der Waals surface area contributed by atoms with E-state index in [1.54, 1.807) is 6.92 Å². The van der Waals surface area contributed by atoms with Crippen molar-refractivity contribution in [3.05, 3.63) is 23.1 Å². The minimum Gasteiger partial charge on any atom is -0.371 e. The first-order valence-corrected chi connectivity index (χ1v) is 5.79. The van der Waals surface area contributed by atoms with E-state index < -0.39 is 21.9 Å². The van der Waals surface area contributed by atoms with Crippen LogP contribution in [-0.2, 0) is 14.9 Å². The van der Waals surface area contributed by atoms with E-state index in [2.05, 4.69) is 0 Å². The first-order chi connectivity index (χ1) is 6.77. The third kappa shape index (κ3) is 2.86. The van der Waals surface area contributed by atoms with Crippen LogP contribution < -0.4 is 11.5 Å². The third-order valence-corrected chi connectivity index (χ3v) is 2.86. The first kappa shape index (κ1) is 12.3. The SMILES string of the molecule is CCOC1C=C(S(=O)(=O)O)C=CC1(N)N. The summed E-state index contributed by atoms with van der Waals surface area (Å²) >= 11 is 0. The Bertz CT molecular complexity index is 397. The van der Waals surface area contributed by atoms with Crippen molar-refractivity contribution in [2.75, 3.05) is 6.61 Å². The van der Waals surface area contributed by atoms with Crippen LogP contribution in [0.4, 0.5) is 0 Å². The second kappa shape index (κ2) is 4.03. The molecule has 86 valence electrons. The molecule has 0 radical (unpaired) electrons. The molecule has 0 spiro atoms. The van der Waals surface area contributed by atoms with Crippen LogP contribution in [0.15, 0.2) is 23.1 Å². The zero-order valence-electron chi connectivity index (χ0n) is 8.25. The van der Waals surface area contributed by atoms with Gasteiger partial charge < -0.3 is 16.2 Å². The van der Waals surface area contributed by atoms with Crippen molar-refractivity contribution in [1.82, 2.24) is 0 Å². The van der Waals surface area contributed by atoms with Gasteiger partial charge in [0.2, 0.25) is 0 Å². The number of hydrogen-bond acceptors (Lipinski definition) is 5. The summed E-state index contributed by atoms with van der Waals surface area (Å²) in [5.74, 6) is 0. The van der Waals surface area contributed by atoms with Crippen molar-refractivity contribution in [3.8, 4) is 0 Å². The molecule has 0 aliphatic heterocycles. The Morgan fingerprint density at radius 3 is 2.67 bits per heavy atom. The van der Waals surface area contributed by atoms with Crippen LogP contribution in [0.2, 0.25) is 0 Å². The molecule has 0 bridgehead atoms. The zero-order chi connectivity index (χ0) is 11.7. The van der Waals surface area contributed by atoms with Gasteiger partial charge in [0, 0.05) is 6.61 Å². The Balaban J connectivity index is 3.04. The van der Waals surface area contributed by atoms with E-state index in [-0.39, 0.29) is 4.91 Å². The highest BCUT2D eigenvalue weighted by molar-refractivity contribution is 7.90. The maximum absolute atomic E-state index is 10.8. The van der Waals surface area contributed by atoms with E-state index in [0.29, 0.717) is 6.61 Å². The average Bonchev–Trinajstić information content (AvgIpc) is 2.06. The Hall–Kier alpha value is -0.730. The monoisotopic (exact) mass is 234 g/mol. The summed E-state index contributed by atoms with van der Waals surface area (Å²) in [6, 6.07) is 0. The largest absolute Gasteiger partial charge is 0.371 e. The smallest absolute Gasteiger partial charge is 0.294 e. The molecule has 0 fully saturated rings. The summed E-state index contributed by atoms with van der Waals surface area (Å²) in [5, 5.41) is 0. The number of hydrogen-bond donors (Lipinski definition) is 3. The van der Waals surface area contributed by atoms with Crippen molar-refractivity contribution >= 4 is 10.1 Å². The van der Waals surface area contributed by atoms with Gasteiger partial charge in [-0.3, -0.25) is 4.55 Å². The van der Waals surface area contributed by atoms with Gasteiger partial charge in [-0.15, -0.1) is 0 Å². The third-order valence-electron chi connectivity index (χ3n) is 1.99. The fourth-order valence-electron chi connectivity index (χ4n) is 1.21. The summed E-state index contributed by atoms with van der Waals surface area (Å²) in [7, 11) is -4.24. The van der Waals surface area contributed by atoms with Crippen LogP contribution in [0, 0.1) is 0 Å². The molecule has 7 heteroatoms. The van der Waals surface area contributed by atoms with Crippen molar-refractivity contribution in [3.63, 3.8) is 0 Å². The molecule has 5 N–H and O–H groups in total. The predicted octanol–water partition coefficient (Wildman–Crippen LogP) is -0.653. The highest BCUT2D eigenvalue weighted by Crippen LogP contribution is 2.20. The summed E-state index contributed by atoms with van der Waals surface area (Å²) in [6.07, 6.45) is 2.87. The molecule has 0 aromatic carbocycles. The number of ether oxygens (including phenoxy) is 1. The molecule has 0 saturated carbocycles. The lowest BCUT2D eigenvalue weighted by Gasteiger charge is -2.31. The highest BCUT2D eigenvalue weighted by Gasteiger charge is 2.32. The van der Waals surface area contributed by atoms with Gasteiger partial charge in [0.25, 0.3) is 10.1 Å². The maximum Gasteiger partial charge on any atom is 0.294 e. The van der Waals surface area contributed by atoms with Gasteiger partial charge in [-0.1, -0.05) is 0 Å². The van der Waals surface area contributed by atoms with Gasteiger partial charge in [-0.05, 0) is 25.2 Å². The quantitative estimate of drug-likeness (QED) is 0.441. The van der Waals surface area contributed by atoms with Crippen molar-refractivity contribution in [1.29, 1.82) is 0 Å². The summed E-state index contributed by atoms with van der Waals surface area (Å²) < 4.78 is 35.7. The predicted molar refractivity (Wildman–Crippen MR) is 55.3 cm³/mol. The van der Waals surface area contributed by atoms with Crippen LogP contribution in [0.1, 0.15) is 6.92 Å². The zero-order valence-corrected chi connectivity index (χ0v) is 9.07. The highest BCUT2D eigenvalue weighted by atomic mass is 32.2. The lowest BCUT2D eigenvalue weighted by atomic mass is 10.00. The first-order valence-electron chi connectivity index (χ1n) is 4.35. The topological polar surface area (TPSA) is 116 Å². The van der Waals surface area contributed by atoms with E-state index in [4.69, 9.17) is 20.8 Å². The van der Waals surface area contributed by atoms with E-state index in [0.717, 1.165) is 6.08 Å². The van der Waals surface area contributed by atoms with Gasteiger partial charge in [0.05, 0.1) is 4.91 Å². The number of nitrogens with two attached hydrogens (primary N) is 2. The Kier molecular flexibility index (Phi) is 3.31. The van der Waals surface area contributed by atoms with Crippen LogP contribution in [0.25, 0.3) is 0 Å². The summed E-state index contributed by atoms with van der Waals surface area (Å²) in [4.78, 5) is -0.257. The van der Waals surface area contributed by atoms with Gasteiger partial charge in [0.15, 0.2) is 0 Å². The fraction of sp³-hybridized carbons (Fsp3) is 0.500. The summed E-state index contributed by atoms with van der Waals surface area (Å²) in [6.45, 7) is 2.07. The lowest BCUT2D eigenvalue weighted by molar-refractivity contribution is 0.0555. The second-order valence-corrected chi connectivity index (χ2v) is 4.67. The molecule has 6 nitrogen and oxygen atoms in total. The van der Waals surface area contributed by atoms with E-state index in [1.165, 1.54) is 12.2 Å². The lowest BCUT2D eigenvalue weighted by Crippen LogP contribution is -2.58. The second-order valence-electron chi connectivity index (χ2n) is 3.25. The van der Waals surface area contributed by atoms with Gasteiger partial charge in [-0.25, -0.2) is 0 Å². The molecule has 1 atom stereocenters. The van der Waals surface area contributed by atoms with E-state index in [9.17, 15) is 8.42 Å². The summed E-state index contributed by atoms with van der Waals surface area (Å²) in [5.41, 5.74) is 10.1. The van der Waals surface area contributed by atoms with Crippen LogP contribution in [-0.4, -0.2) is 31.3 Å². The standard InChI is InChI=1S/C8H14N2O4S/c1-2-14-7-5-6(15(11,12)13)3-4-8(7,9)10/h3-5,7H,2,9-10H2,1H3,(H,11,12,13). The molecule has 0 saturated heterocycles. The molecule has 15 heavy (non-hydrogen) atoms. The van der Waals surface area contributed by atoms with Gasteiger partial charge in [-0.2, -0.15) is 8.42 Å². The minimum atomic E-state index is -4.24. The molecule has 0 heterocycles. The number of allylic oxidation sites excluding steroid dienone is 1. The van der Waals surface area contributed by atoms with E-state index >= 15 is 0 Å². The maximum atomic E-state index is 10.8. The molecule has 1 aliphatic rings. The fourth-order valence-corrected chi connectivity index (χ4v) is 1.75. The molecule has 1 unspecified atom stereocenters.